The molecule has 5 nitrogen and oxygen atoms in total. The Bertz CT molecular complexity index is 452. The molecule has 5 heteroatoms. The lowest BCUT2D eigenvalue weighted by Crippen LogP contribution is -2.41. The van der Waals surface area contributed by atoms with E-state index in [0.29, 0.717) is 6.04 Å². The topological polar surface area (TPSA) is 48.9 Å². The maximum absolute atomic E-state index is 5.25. The van der Waals surface area contributed by atoms with Crippen LogP contribution in [0.2, 0.25) is 0 Å². The van der Waals surface area contributed by atoms with Crippen LogP contribution in [-0.4, -0.2) is 51.7 Å². The quantitative estimate of drug-likeness (QED) is 0.639. The Labute approximate surface area is 127 Å². The fourth-order valence-corrected chi connectivity index (χ4v) is 2.81. The number of guanidine groups is 1. The van der Waals surface area contributed by atoms with E-state index in [1.54, 1.807) is 14.2 Å². The van der Waals surface area contributed by atoms with Gasteiger partial charge in [0.05, 0.1) is 13.2 Å². The third-order valence-corrected chi connectivity index (χ3v) is 4.01. The van der Waals surface area contributed by atoms with E-state index in [4.69, 9.17) is 4.74 Å². The van der Waals surface area contributed by atoms with E-state index < -0.39 is 0 Å². The normalized spacial score (nSPS) is 17.6. The van der Waals surface area contributed by atoms with Crippen molar-refractivity contribution in [2.45, 2.75) is 18.9 Å². The Morgan fingerprint density at radius 2 is 1.95 bits per heavy atom. The van der Waals surface area contributed by atoms with E-state index >= 15 is 0 Å². The molecule has 0 amide bonds. The molecule has 0 saturated carbocycles. The molecule has 1 aliphatic heterocycles. The lowest BCUT2D eigenvalue weighted by Gasteiger charge is -2.28. The van der Waals surface area contributed by atoms with E-state index in [-0.39, 0.29) is 0 Å². The van der Waals surface area contributed by atoms with Crippen molar-refractivity contribution in [1.29, 1.82) is 0 Å². The molecule has 1 fully saturated rings. The van der Waals surface area contributed by atoms with Gasteiger partial charge in [-0.25, -0.2) is 0 Å². The summed E-state index contributed by atoms with van der Waals surface area (Å²) in [4.78, 5) is 6.72. The Morgan fingerprint density at radius 3 is 2.48 bits per heavy atom. The van der Waals surface area contributed by atoms with Crippen LogP contribution in [-0.2, 0) is 0 Å². The van der Waals surface area contributed by atoms with E-state index in [1.807, 2.05) is 19.2 Å². The molecule has 0 aromatic heterocycles. The molecule has 1 heterocycles. The largest absolute Gasteiger partial charge is 0.497 e. The molecule has 0 spiro atoms. The number of benzene rings is 1. The number of rotatable bonds is 5. The van der Waals surface area contributed by atoms with Gasteiger partial charge in [0.15, 0.2) is 5.96 Å². The summed E-state index contributed by atoms with van der Waals surface area (Å²) in [5, 5.41) is 6.46. The smallest absolute Gasteiger partial charge is 0.190 e. The number of methoxy groups -OCH3 is 1. The van der Waals surface area contributed by atoms with Gasteiger partial charge in [0.25, 0.3) is 0 Å². The van der Waals surface area contributed by atoms with Gasteiger partial charge in [-0.2, -0.15) is 0 Å². The van der Waals surface area contributed by atoms with E-state index in [0.717, 1.165) is 31.3 Å². The summed E-state index contributed by atoms with van der Waals surface area (Å²) in [7, 11) is 5.37. The molecule has 2 N–H and O–H groups in total. The summed E-state index contributed by atoms with van der Waals surface area (Å²) in [6.45, 7) is 3.17. The van der Waals surface area contributed by atoms with Gasteiger partial charge >= 0.3 is 0 Å². The first-order valence-electron chi connectivity index (χ1n) is 7.55. The standard InChI is InChI=1S/C16H26N4O/c1-17-16(18-2)19-12-15(20-10-4-5-11-20)13-6-8-14(21-3)9-7-13/h6-9,15H,4-5,10-12H2,1-3H3,(H2,17,18,19). The maximum Gasteiger partial charge on any atom is 0.190 e. The summed E-state index contributed by atoms with van der Waals surface area (Å²) in [5.41, 5.74) is 1.32. The summed E-state index contributed by atoms with van der Waals surface area (Å²) < 4.78 is 5.25. The molecular formula is C16H26N4O. The summed E-state index contributed by atoms with van der Waals surface area (Å²) in [6, 6.07) is 8.75. The predicted molar refractivity (Wildman–Crippen MR) is 87.0 cm³/mol. The number of ether oxygens (including phenoxy) is 1. The van der Waals surface area contributed by atoms with Crippen LogP contribution in [0, 0.1) is 0 Å². The van der Waals surface area contributed by atoms with Crippen LogP contribution in [0.3, 0.4) is 0 Å². The Morgan fingerprint density at radius 1 is 1.29 bits per heavy atom. The molecule has 1 aliphatic rings. The number of hydrogen-bond acceptors (Lipinski definition) is 3. The fraction of sp³-hybridized carbons (Fsp3) is 0.562. The Kier molecular flexibility index (Phi) is 5.87. The van der Waals surface area contributed by atoms with Crippen molar-refractivity contribution in [3.63, 3.8) is 0 Å². The summed E-state index contributed by atoms with van der Waals surface area (Å²) in [6.07, 6.45) is 2.57. The van der Waals surface area contributed by atoms with E-state index in [1.165, 1.54) is 18.4 Å². The second-order valence-corrected chi connectivity index (χ2v) is 5.24. The summed E-state index contributed by atoms with van der Waals surface area (Å²) in [5.74, 6) is 1.73. The first-order chi connectivity index (χ1) is 10.3. The number of nitrogens with zero attached hydrogens (tertiary/aromatic N) is 2. The monoisotopic (exact) mass is 290 g/mol. The third kappa shape index (κ3) is 4.11. The SMILES string of the molecule is CN=C(NC)NCC(c1ccc(OC)cc1)N1CCCC1. The van der Waals surface area contributed by atoms with Crippen molar-refractivity contribution in [2.75, 3.05) is 40.8 Å². The second-order valence-electron chi connectivity index (χ2n) is 5.24. The molecular weight excluding hydrogens is 264 g/mol. The van der Waals surface area contributed by atoms with Crippen molar-refractivity contribution in [3.8, 4) is 5.75 Å². The number of likely N-dealkylation sites (tertiary alicyclic amines) is 1. The van der Waals surface area contributed by atoms with Crippen LogP contribution < -0.4 is 15.4 Å². The zero-order valence-electron chi connectivity index (χ0n) is 13.2. The molecule has 0 radical (unpaired) electrons. The van der Waals surface area contributed by atoms with Crippen LogP contribution in [0.4, 0.5) is 0 Å². The Hall–Kier alpha value is -1.75. The van der Waals surface area contributed by atoms with Crippen molar-refractivity contribution >= 4 is 5.96 Å². The zero-order chi connectivity index (χ0) is 15.1. The number of aliphatic imine (C=N–C) groups is 1. The molecule has 21 heavy (non-hydrogen) atoms. The van der Waals surface area contributed by atoms with Gasteiger partial charge in [-0.1, -0.05) is 12.1 Å². The minimum absolute atomic E-state index is 0.364. The second kappa shape index (κ2) is 7.88. The molecule has 2 rings (SSSR count). The van der Waals surface area contributed by atoms with Crippen molar-refractivity contribution in [2.24, 2.45) is 4.99 Å². The highest BCUT2D eigenvalue weighted by Crippen LogP contribution is 2.26. The average molecular weight is 290 g/mol. The van der Waals surface area contributed by atoms with E-state index in [9.17, 15) is 0 Å². The molecule has 0 bridgehead atoms. The number of nitrogens with one attached hydrogen (secondary N) is 2. The lowest BCUT2D eigenvalue weighted by molar-refractivity contribution is 0.245. The zero-order valence-corrected chi connectivity index (χ0v) is 13.2. The summed E-state index contributed by atoms with van der Waals surface area (Å²) >= 11 is 0. The molecule has 0 aliphatic carbocycles. The van der Waals surface area contributed by atoms with Crippen molar-refractivity contribution in [1.82, 2.24) is 15.5 Å². The third-order valence-electron chi connectivity index (χ3n) is 4.01. The van der Waals surface area contributed by atoms with Crippen LogP contribution in [0.25, 0.3) is 0 Å². The molecule has 1 unspecified atom stereocenters. The lowest BCUT2D eigenvalue weighted by atomic mass is 10.1. The molecule has 1 aromatic rings. The molecule has 1 saturated heterocycles. The molecule has 116 valence electrons. The van der Waals surface area contributed by atoms with Crippen LogP contribution in [0.5, 0.6) is 5.75 Å². The fourth-order valence-electron chi connectivity index (χ4n) is 2.81. The van der Waals surface area contributed by atoms with Crippen LogP contribution in [0.1, 0.15) is 24.4 Å². The molecule has 1 aromatic carbocycles. The van der Waals surface area contributed by atoms with Crippen LogP contribution in [0.15, 0.2) is 29.3 Å². The first-order valence-corrected chi connectivity index (χ1v) is 7.55. The average Bonchev–Trinajstić information content (AvgIpc) is 3.06. The predicted octanol–water partition coefficient (Wildman–Crippen LogP) is 1.63. The highest BCUT2D eigenvalue weighted by molar-refractivity contribution is 5.79. The van der Waals surface area contributed by atoms with Gasteiger partial charge in [0.2, 0.25) is 0 Å². The van der Waals surface area contributed by atoms with Gasteiger partial charge in [-0.05, 0) is 43.6 Å². The van der Waals surface area contributed by atoms with Gasteiger partial charge < -0.3 is 15.4 Å². The maximum atomic E-state index is 5.25. The Balaban J connectivity index is 2.10. The van der Waals surface area contributed by atoms with Gasteiger partial charge in [-0.3, -0.25) is 9.89 Å². The first kappa shape index (κ1) is 15.6. The highest BCUT2D eigenvalue weighted by atomic mass is 16.5. The minimum atomic E-state index is 0.364. The van der Waals surface area contributed by atoms with Crippen molar-refractivity contribution < 1.29 is 4.74 Å². The van der Waals surface area contributed by atoms with Gasteiger partial charge in [-0.15, -0.1) is 0 Å². The highest BCUT2D eigenvalue weighted by Gasteiger charge is 2.23. The van der Waals surface area contributed by atoms with Crippen molar-refractivity contribution in [3.05, 3.63) is 29.8 Å². The van der Waals surface area contributed by atoms with Gasteiger partial charge in [0.1, 0.15) is 5.75 Å². The molecule has 1 atom stereocenters. The van der Waals surface area contributed by atoms with E-state index in [2.05, 4.69) is 32.7 Å². The minimum Gasteiger partial charge on any atom is -0.497 e. The van der Waals surface area contributed by atoms with Gasteiger partial charge in [0, 0.05) is 20.6 Å². The number of hydrogen-bond donors (Lipinski definition) is 2. The van der Waals surface area contributed by atoms with Crippen LogP contribution >= 0.6 is 0 Å².